The van der Waals surface area contributed by atoms with Gasteiger partial charge in [-0.1, -0.05) is 19.1 Å². The summed E-state index contributed by atoms with van der Waals surface area (Å²) < 4.78 is 11.6. The summed E-state index contributed by atoms with van der Waals surface area (Å²) in [6.07, 6.45) is 4.25. The van der Waals surface area contributed by atoms with Crippen molar-refractivity contribution in [2.45, 2.75) is 49.3 Å². The lowest BCUT2D eigenvalue weighted by atomic mass is 9.90. The highest BCUT2D eigenvalue weighted by molar-refractivity contribution is 7.99. The molecule has 0 unspecified atom stereocenters. The molecule has 0 radical (unpaired) electrons. The largest absolute Gasteiger partial charge is 0.381 e. The van der Waals surface area contributed by atoms with Crippen molar-refractivity contribution < 1.29 is 9.47 Å². The standard InChI is InChI=1S/C16H23NO2S/c1-2-20-15-6-4-3-5-14(15)17-13-7-9-16(10-8-13)18-11-12-19-16/h3-6,13,17H,2,7-12H2,1H3. The second-order valence-corrected chi connectivity index (χ2v) is 6.76. The molecule has 1 aliphatic heterocycles. The monoisotopic (exact) mass is 293 g/mol. The minimum absolute atomic E-state index is 0.254. The van der Waals surface area contributed by atoms with Gasteiger partial charge in [0.25, 0.3) is 0 Å². The van der Waals surface area contributed by atoms with Crippen LogP contribution >= 0.6 is 11.8 Å². The van der Waals surface area contributed by atoms with Crippen molar-refractivity contribution in [1.29, 1.82) is 0 Å². The van der Waals surface area contributed by atoms with Crippen LogP contribution in [0, 0.1) is 0 Å². The molecule has 3 nitrogen and oxygen atoms in total. The number of anilines is 1. The van der Waals surface area contributed by atoms with E-state index in [9.17, 15) is 0 Å². The maximum absolute atomic E-state index is 5.79. The Morgan fingerprint density at radius 1 is 1.20 bits per heavy atom. The van der Waals surface area contributed by atoms with Crippen LogP contribution in [-0.4, -0.2) is 30.8 Å². The molecule has 4 heteroatoms. The Morgan fingerprint density at radius 2 is 1.90 bits per heavy atom. The molecule has 1 aromatic carbocycles. The van der Waals surface area contributed by atoms with Crippen LogP contribution in [0.3, 0.4) is 0 Å². The Labute approximate surface area is 125 Å². The van der Waals surface area contributed by atoms with E-state index < -0.39 is 0 Å². The molecule has 0 amide bonds. The third-order valence-corrected chi connectivity index (χ3v) is 5.06. The highest BCUT2D eigenvalue weighted by atomic mass is 32.2. The molecule has 110 valence electrons. The van der Waals surface area contributed by atoms with Gasteiger partial charge < -0.3 is 14.8 Å². The molecule has 0 atom stereocenters. The normalized spacial score (nSPS) is 22.2. The third kappa shape index (κ3) is 3.13. The van der Waals surface area contributed by atoms with Crippen LogP contribution in [-0.2, 0) is 9.47 Å². The van der Waals surface area contributed by atoms with Gasteiger partial charge in [0.05, 0.1) is 13.2 Å². The lowest BCUT2D eigenvalue weighted by Gasteiger charge is -2.36. The molecule has 1 saturated heterocycles. The molecule has 2 aliphatic rings. The number of nitrogens with one attached hydrogen (secondary N) is 1. The molecule has 1 saturated carbocycles. The molecule has 0 aromatic heterocycles. The number of ether oxygens (including phenoxy) is 2. The van der Waals surface area contributed by atoms with E-state index in [0.717, 1.165) is 44.6 Å². The van der Waals surface area contributed by atoms with Crippen molar-refractivity contribution in [3.8, 4) is 0 Å². The summed E-state index contributed by atoms with van der Waals surface area (Å²) >= 11 is 1.90. The Kier molecular flexibility index (Phi) is 4.54. The Bertz CT molecular complexity index is 436. The first-order valence-corrected chi connectivity index (χ1v) is 8.56. The average Bonchev–Trinajstić information content (AvgIpc) is 2.92. The van der Waals surface area contributed by atoms with Gasteiger partial charge in [-0.25, -0.2) is 0 Å². The molecule has 1 spiro atoms. The molecule has 1 heterocycles. The molecular formula is C16H23NO2S. The van der Waals surface area contributed by atoms with E-state index in [1.165, 1.54) is 10.6 Å². The first-order valence-electron chi connectivity index (χ1n) is 7.58. The average molecular weight is 293 g/mol. The summed E-state index contributed by atoms with van der Waals surface area (Å²) in [6.45, 7) is 3.71. The first-order chi connectivity index (χ1) is 9.81. The molecule has 1 aromatic rings. The van der Waals surface area contributed by atoms with Crippen LogP contribution in [0.5, 0.6) is 0 Å². The Balaban J connectivity index is 1.59. The van der Waals surface area contributed by atoms with Crippen molar-refractivity contribution in [1.82, 2.24) is 0 Å². The molecular weight excluding hydrogens is 270 g/mol. The van der Waals surface area contributed by atoms with Gasteiger partial charge in [-0.2, -0.15) is 0 Å². The molecule has 1 N–H and O–H groups in total. The maximum atomic E-state index is 5.79. The number of para-hydroxylation sites is 1. The van der Waals surface area contributed by atoms with Gasteiger partial charge in [0, 0.05) is 29.5 Å². The Hall–Kier alpha value is -0.710. The summed E-state index contributed by atoms with van der Waals surface area (Å²) in [4.78, 5) is 1.35. The zero-order chi connectivity index (χ0) is 13.8. The van der Waals surface area contributed by atoms with Crippen molar-refractivity contribution in [3.05, 3.63) is 24.3 Å². The van der Waals surface area contributed by atoms with E-state index in [2.05, 4.69) is 36.5 Å². The zero-order valence-corrected chi connectivity index (χ0v) is 12.9. The van der Waals surface area contributed by atoms with Crippen molar-refractivity contribution >= 4 is 17.4 Å². The van der Waals surface area contributed by atoms with Crippen LogP contribution in [0.15, 0.2) is 29.2 Å². The van der Waals surface area contributed by atoms with Crippen molar-refractivity contribution in [2.75, 3.05) is 24.3 Å². The maximum Gasteiger partial charge on any atom is 0.168 e. The molecule has 3 rings (SSSR count). The van der Waals surface area contributed by atoms with Gasteiger partial charge in [-0.05, 0) is 30.7 Å². The fourth-order valence-corrected chi connectivity index (χ4v) is 3.84. The lowest BCUT2D eigenvalue weighted by molar-refractivity contribution is -0.177. The predicted molar refractivity (Wildman–Crippen MR) is 83.4 cm³/mol. The second-order valence-electron chi connectivity index (χ2n) is 5.46. The lowest BCUT2D eigenvalue weighted by Crippen LogP contribution is -2.39. The van der Waals surface area contributed by atoms with E-state index >= 15 is 0 Å². The number of benzene rings is 1. The zero-order valence-electron chi connectivity index (χ0n) is 12.1. The fraction of sp³-hybridized carbons (Fsp3) is 0.625. The number of thioether (sulfide) groups is 1. The molecule has 20 heavy (non-hydrogen) atoms. The minimum Gasteiger partial charge on any atom is -0.381 e. The van der Waals surface area contributed by atoms with Gasteiger partial charge in [0.1, 0.15) is 0 Å². The van der Waals surface area contributed by atoms with Crippen LogP contribution < -0.4 is 5.32 Å². The van der Waals surface area contributed by atoms with Gasteiger partial charge in [-0.3, -0.25) is 0 Å². The van der Waals surface area contributed by atoms with Gasteiger partial charge >= 0.3 is 0 Å². The topological polar surface area (TPSA) is 30.5 Å². The van der Waals surface area contributed by atoms with Gasteiger partial charge in [-0.15, -0.1) is 11.8 Å². The van der Waals surface area contributed by atoms with Crippen LogP contribution in [0.25, 0.3) is 0 Å². The van der Waals surface area contributed by atoms with Gasteiger partial charge in [0.15, 0.2) is 5.79 Å². The van der Waals surface area contributed by atoms with Crippen molar-refractivity contribution in [3.63, 3.8) is 0 Å². The van der Waals surface area contributed by atoms with Crippen LogP contribution in [0.2, 0.25) is 0 Å². The summed E-state index contributed by atoms with van der Waals surface area (Å²) in [7, 11) is 0. The van der Waals surface area contributed by atoms with E-state index in [0.29, 0.717) is 6.04 Å². The Morgan fingerprint density at radius 3 is 2.60 bits per heavy atom. The van der Waals surface area contributed by atoms with E-state index in [-0.39, 0.29) is 5.79 Å². The van der Waals surface area contributed by atoms with E-state index in [1.807, 2.05) is 11.8 Å². The summed E-state index contributed by atoms with van der Waals surface area (Å²) in [6, 6.07) is 9.14. The van der Waals surface area contributed by atoms with E-state index in [4.69, 9.17) is 9.47 Å². The minimum atomic E-state index is -0.254. The molecule has 1 aliphatic carbocycles. The summed E-state index contributed by atoms with van der Waals surface area (Å²) in [5.74, 6) is 0.851. The summed E-state index contributed by atoms with van der Waals surface area (Å²) in [5.41, 5.74) is 1.27. The van der Waals surface area contributed by atoms with Crippen LogP contribution in [0.4, 0.5) is 5.69 Å². The van der Waals surface area contributed by atoms with E-state index in [1.54, 1.807) is 0 Å². The number of rotatable bonds is 4. The van der Waals surface area contributed by atoms with Gasteiger partial charge in [0.2, 0.25) is 0 Å². The van der Waals surface area contributed by atoms with Crippen LogP contribution in [0.1, 0.15) is 32.6 Å². The highest BCUT2D eigenvalue weighted by Gasteiger charge is 2.40. The second kappa shape index (κ2) is 6.37. The number of hydrogen-bond acceptors (Lipinski definition) is 4. The molecule has 2 fully saturated rings. The molecule has 0 bridgehead atoms. The summed E-state index contributed by atoms with van der Waals surface area (Å²) in [5, 5.41) is 3.71. The first kappa shape index (κ1) is 14.2. The smallest absolute Gasteiger partial charge is 0.168 e. The quantitative estimate of drug-likeness (QED) is 0.853. The third-order valence-electron chi connectivity index (χ3n) is 4.11. The fourth-order valence-electron chi connectivity index (χ4n) is 3.07. The highest BCUT2D eigenvalue weighted by Crippen LogP contribution is 2.37. The SMILES string of the molecule is CCSc1ccccc1NC1CCC2(CC1)OCCO2. The van der Waals surface area contributed by atoms with Crippen molar-refractivity contribution in [2.24, 2.45) is 0 Å². The number of hydrogen-bond donors (Lipinski definition) is 1. The predicted octanol–water partition coefficient (Wildman–Crippen LogP) is 3.90.